The molecule has 0 amide bonds. The maximum absolute atomic E-state index is 3.20. The molecule has 1 rings (SSSR count). The summed E-state index contributed by atoms with van der Waals surface area (Å²) in [7, 11) is 2.04. The number of hydrogen-bond donors (Lipinski definition) is 1. The third kappa shape index (κ3) is 3.24. The number of rotatable bonds is 6. The van der Waals surface area contributed by atoms with Gasteiger partial charge in [-0.1, -0.05) is 19.8 Å². The fourth-order valence-corrected chi connectivity index (χ4v) is 1.93. The van der Waals surface area contributed by atoms with Crippen LogP contribution in [0.3, 0.4) is 0 Å². The Labute approximate surface area is 70.6 Å². The van der Waals surface area contributed by atoms with Crippen molar-refractivity contribution in [2.45, 2.75) is 39.0 Å². The quantitative estimate of drug-likeness (QED) is 0.581. The van der Waals surface area contributed by atoms with Crippen LogP contribution in [0.15, 0.2) is 0 Å². The third-order valence-corrected chi connectivity index (χ3v) is 2.73. The zero-order valence-corrected chi connectivity index (χ0v) is 7.90. The Hall–Kier alpha value is -0.0400. The summed E-state index contributed by atoms with van der Waals surface area (Å²) in [5.41, 5.74) is 0. The number of nitrogens with one attached hydrogen (secondary N) is 1. The molecule has 0 radical (unpaired) electrons. The zero-order chi connectivity index (χ0) is 8.10. The summed E-state index contributed by atoms with van der Waals surface area (Å²) in [6.07, 6.45) is 7.22. The van der Waals surface area contributed by atoms with Crippen LogP contribution in [0.25, 0.3) is 0 Å². The van der Waals surface area contributed by atoms with Crippen LogP contribution in [-0.2, 0) is 0 Å². The Morgan fingerprint density at radius 2 is 2.00 bits per heavy atom. The zero-order valence-electron chi connectivity index (χ0n) is 7.90. The van der Waals surface area contributed by atoms with Crippen molar-refractivity contribution in [3.63, 3.8) is 0 Å². The molecule has 1 nitrogen and oxygen atoms in total. The summed E-state index contributed by atoms with van der Waals surface area (Å²) < 4.78 is 0. The van der Waals surface area contributed by atoms with E-state index in [1.165, 1.54) is 38.6 Å². The van der Waals surface area contributed by atoms with Gasteiger partial charge in [-0.3, -0.25) is 0 Å². The largest absolute Gasteiger partial charge is 0.320 e. The van der Waals surface area contributed by atoms with Gasteiger partial charge in [-0.05, 0) is 44.7 Å². The maximum atomic E-state index is 3.20. The van der Waals surface area contributed by atoms with Gasteiger partial charge in [-0.2, -0.15) is 0 Å². The first-order chi connectivity index (χ1) is 5.38. The lowest BCUT2D eigenvalue weighted by atomic mass is 10.1. The molecule has 1 aliphatic rings. The second-order valence-corrected chi connectivity index (χ2v) is 3.79. The first-order valence-electron chi connectivity index (χ1n) is 5.03. The molecule has 2 atom stereocenters. The average Bonchev–Trinajstić information content (AvgIpc) is 2.70. The van der Waals surface area contributed by atoms with Gasteiger partial charge in [0.1, 0.15) is 0 Å². The molecule has 0 aromatic rings. The highest BCUT2D eigenvalue weighted by molar-refractivity contribution is 4.85. The SMILES string of the molecule is CCCC1CC1CCCNC. The Kier molecular flexibility index (Phi) is 3.92. The minimum absolute atomic E-state index is 1.10. The summed E-state index contributed by atoms with van der Waals surface area (Å²) in [6, 6.07) is 0. The van der Waals surface area contributed by atoms with Gasteiger partial charge in [0.25, 0.3) is 0 Å². The van der Waals surface area contributed by atoms with Crippen molar-refractivity contribution in [2.24, 2.45) is 11.8 Å². The molecule has 0 aromatic carbocycles. The van der Waals surface area contributed by atoms with Crippen LogP contribution in [0.5, 0.6) is 0 Å². The molecular formula is C10H21N. The highest BCUT2D eigenvalue weighted by Crippen LogP contribution is 2.44. The van der Waals surface area contributed by atoms with E-state index < -0.39 is 0 Å². The van der Waals surface area contributed by atoms with E-state index in [1.807, 2.05) is 7.05 Å². The molecule has 0 aromatic heterocycles. The van der Waals surface area contributed by atoms with E-state index in [9.17, 15) is 0 Å². The third-order valence-electron chi connectivity index (χ3n) is 2.73. The van der Waals surface area contributed by atoms with Gasteiger partial charge < -0.3 is 5.32 Å². The van der Waals surface area contributed by atoms with Crippen molar-refractivity contribution in [3.8, 4) is 0 Å². The van der Waals surface area contributed by atoms with E-state index >= 15 is 0 Å². The summed E-state index contributed by atoms with van der Waals surface area (Å²) in [4.78, 5) is 0. The lowest BCUT2D eigenvalue weighted by Crippen LogP contribution is -2.07. The second kappa shape index (κ2) is 4.76. The standard InChI is InChI=1S/C10H21N/c1-3-5-9-8-10(9)6-4-7-11-2/h9-11H,3-8H2,1-2H3. The Balaban J connectivity index is 1.87. The van der Waals surface area contributed by atoms with Crippen LogP contribution in [-0.4, -0.2) is 13.6 Å². The van der Waals surface area contributed by atoms with E-state index in [0.717, 1.165) is 11.8 Å². The predicted octanol–water partition coefficient (Wildman–Crippen LogP) is 2.42. The molecule has 1 fully saturated rings. The molecule has 2 unspecified atom stereocenters. The minimum Gasteiger partial charge on any atom is -0.320 e. The Bertz CT molecular complexity index is 101. The van der Waals surface area contributed by atoms with Crippen LogP contribution < -0.4 is 5.32 Å². The fraction of sp³-hybridized carbons (Fsp3) is 1.00. The van der Waals surface area contributed by atoms with Gasteiger partial charge in [-0.25, -0.2) is 0 Å². The summed E-state index contributed by atoms with van der Waals surface area (Å²) in [5.74, 6) is 2.21. The average molecular weight is 155 g/mol. The summed E-state index contributed by atoms with van der Waals surface area (Å²) in [6.45, 7) is 3.50. The predicted molar refractivity (Wildman–Crippen MR) is 49.7 cm³/mol. The van der Waals surface area contributed by atoms with Crippen molar-refractivity contribution in [2.75, 3.05) is 13.6 Å². The topological polar surface area (TPSA) is 12.0 Å². The minimum atomic E-state index is 1.10. The highest BCUT2D eigenvalue weighted by atomic mass is 14.8. The monoisotopic (exact) mass is 155 g/mol. The van der Waals surface area contributed by atoms with Gasteiger partial charge >= 0.3 is 0 Å². The van der Waals surface area contributed by atoms with E-state index in [2.05, 4.69) is 12.2 Å². The van der Waals surface area contributed by atoms with Crippen molar-refractivity contribution >= 4 is 0 Å². The summed E-state index contributed by atoms with van der Waals surface area (Å²) in [5, 5.41) is 3.20. The first-order valence-corrected chi connectivity index (χ1v) is 5.03. The van der Waals surface area contributed by atoms with Gasteiger partial charge in [0.05, 0.1) is 0 Å². The molecule has 1 saturated carbocycles. The van der Waals surface area contributed by atoms with Gasteiger partial charge in [0.2, 0.25) is 0 Å². The molecule has 0 bridgehead atoms. The Morgan fingerprint density at radius 3 is 2.64 bits per heavy atom. The molecule has 1 N–H and O–H groups in total. The van der Waals surface area contributed by atoms with Gasteiger partial charge in [-0.15, -0.1) is 0 Å². The van der Waals surface area contributed by atoms with Crippen molar-refractivity contribution in [1.29, 1.82) is 0 Å². The van der Waals surface area contributed by atoms with Crippen molar-refractivity contribution < 1.29 is 0 Å². The second-order valence-electron chi connectivity index (χ2n) is 3.79. The fourth-order valence-electron chi connectivity index (χ4n) is 1.93. The maximum Gasteiger partial charge on any atom is -0.00518 e. The molecule has 1 heteroatoms. The molecule has 0 heterocycles. The van der Waals surface area contributed by atoms with Gasteiger partial charge in [0.15, 0.2) is 0 Å². The molecule has 0 saturated heterocycles. The van der Waals surface area contributed by atoms with Crippen LogP contribution >= 0.6 is 0 Å². The summed E-state index contributed by atoms with van der Waals surface area (Å²) >= 11 is 0. The first kappa shape index (κ1) is 9.05. The van der Waals surface area contributed by atoms with Crippen LogP contribution in [0.2, 0.25) is 0 Å². The molecule has 0 aliphatic heterocycles. The van der Waals surface area contributed by atoms with E-state index in [0.29, 0.717) is 0 Å². The lowest BCUT2D eigenvalue weighted by Gasteiger charge is -1.98. The van der Waals surface area contributed by atoms with Crippen LogP contribution in [0.4, 0.5) is 0 Å². The normalized spacial score (nSPS) is 28.9. The van der Waals surface area contributed by atoms with Crippen molar-refractivity contribution in [1.82, 2.24) is 5.32 Å². The van der Waals surface area contributed by atoms with E-state index in [-0.39, 0.29) is 0 Å². The van der Waals surface area contributed by atoms with Crippen LogP contribution in [0, 0.1) is 11.8 Å². The smallest absolute Gasteiger partial charge is 0.00518 e. The van der Waals surface area contributed by atoms with E-state index in [1.54, 1.807) is 0 Å². The molecule has 66 valence electrons. The molecular weight excluding hydrogens is 134 g/mol. The number of hydrogen-bond acceptors (Lipinski definition) is 1. The lowest BCUT2D eigenvalue weighted by molar-refractivity contribution is 0.567. The van der Waals surface area contributed by atoms with E-state index in [4.69, 9.17) is 0 Å². The molecule has 11 heavy (non-hydrogen) atoms. The highest BCUT2D eigenvalue weighted by Gasteiger charge is 2.34. The Morgan fingerprint density at radius 1 is 1.27 bits per heavy atom. The van der Waals surface area contributed by atoms with Crippen molar-refractivity contribution in [3.05, 3.63) is 0 Å². The van der Waals surface area contributed by atoms with Gasteiger partial charge in [0, 0.05) is 0 Å². The molecule has 0 spiro atoms. The van der Waals surface area contributed by atoms with Crippen LogP contribution in [0.1, 0.15) is 39.0 Å². The molecule has 1 aliphatic carbocycles.